The van der Waals surface area contributed by atoms with E-state index in [-0.39, 0.29) is 17.6 Å². The summed E-state index contributed by atoms with van der Waals surface area (Å²) in [6.45, 7) is 3.35. The van der Waals surface area contributed by atoms with Gasteiger partial charge in [-0.25, -0.2) is 4.98 Å². The van der Waals surface area contributed by atoms with Crippen molar-refractivity contribution >= 4 is 23.2 Å². The van der Waals surface area contributed by atoms with E-state index < -0.39 is 4.92 Å². The standard InChI is InChI=1S/C13H19N5O3/c1-3-5-14-11-7-9(18(20)21)8-12(16-11)15-10-4-6-17(2)13(10)19/h7-8,10H,3-6H2,1-2H3,(H2,14,15,16). The highest BCUT2D eigenvalue weighted by Crippen LogP contribution is 2.23. The van der Waals surface area contributed by atoms with Gasteiger partial charge in [0.25, 0.3) is 5.69 Å². The lowest BCUT2D eigenvalue weighted by atomic mass is 10.2. The molecule has 2 rings (SSSR count). The third-order valence-electron chi connectivity index (χ3n) is 3.33. The Morgan fingerprint density at radius 1 is 1.48 bits per heavy atom. The van der Waals surface area contributed by atoms with Crippen LogP contribution < -0.4 is 10.6 Å². The monoisotopic (exact) mass is 293 g/mol. The number of pyridine rings is 1. The molecule has 1 saturated heterocycles. The highest BCUT2D eigenvalue weighted by atomic mass is 16.6. The van der Waals surface area contributed by atoms with E-state index in [0.717, 1.165) is 6.42 Å². The van der Waals surface area contributed by atoms with Crippen molar-refractivity contribution in [1.29, 1.82) is 0 Å². The van der Waals surface area contributed by atoms with Crippen LogP contribution >= 0.6 is 0 Å². The van der Waals surface area contributed by atoms with Crippen LogP contribution in [0, 0.1) is 10.1 Å². The summed E-state index contributed by atoms with van der Waals surface area (Å²) in [6, 6.07) is 2.37. The first-order valence-corrected chi connectivity index (χ1v) is 6.93. The molecule has 1 amide bonds. The van der Waals surface area contributed by atoms with Crippen molar-refractivity contribution in [3.63, 3.8) is 0 Å². The summed E-state index contributed by atoms with van der Waals surface area (Å²) < 4.78 is 0. The minimum atomic E-state index is -0.466. The van der Waals surface area contributed by atoms with Gasteiger partial charge in [0.15, 0.2) is 0 Å². The van der Waals surface area contributed by atoms with E-state index >= 15 is 0 Å². The molecule has 8 heteroatoms. The lowest BCUT2D eigenvalue weighted by molar-refractivity contribution is -0.384. The molecule has 1 fully saturated rings. The molecule has 0 aromatic carbocycles. The number of nitro groups is 1. The molecule has 1 aliphatic rings. The Kier molecular flexibility index (Phi) is 4.56. The molecule has 8 nitrogen and oxygen atoms in total. The SMILES string of the molecule is CCCNc1cc([N+](=O)[O-])cc(NC2CCN(C)C2=O)n1. The fraction of sp³-hybridized carbons (Fsp3) is 0.538. The topological polar surface area (TPSA) is 100 Å². The first-order valence-electron chi connectivity index (χ1n) is 6.93. The van der Waals surface area contributed by atoms with Gasteiger partial charge in [0.05, 0.1) is 17.1 Å². The van der Waals surface area contributed by atoms with Crippen LogP contribution in [0.25, 0.3) is 0 Å². The van der Waals surface area contributed by atoms with E-state index in [4.69, 9.17) is 0 Å². The molecule has 0 aliphatic carbocycles. The number of hydrogen-bond acceptors (Lipinski definition) is 6. The van der Waals surface area contributed by atoms with Gasteiger partial charge in [-0.2, -0.15) is 0 Å². The van der Waals surface area contributed by atoms with Crippen molar-refractivity contribution in [2.24, 2.45) is 0 Å². The second kappa shape index (κ2) is 6.38. The van der Waals surface area contributed by atoms with Crippen LogP contribution in [0.5, 0.6) is 0 Å². The van der Waals surface area contributed by atoms with Crippen molar-refractivity contribution in [3.05, 3.63) is 22.2 Å². The zero-order valence-electron chi connectivity index (χ0n) is 12.1. The van der Waals surface area contributed by atoms with Gasteiger partial charge in [-0.3, -0.25) is 14.9 Å². The van der Waals surface area contributed by atoms with Crippen LogP contribution in [0.4, 0.5) is 17.3 Å². The highest BCUT2D eigenvalue weighted by Gasteiger charge is 2.29. The summed E-state index contributed by atoms with van der Waals surface area (Å²) in [5.74, 6) is 0.759. The summed E-state index contributed by atoms with van der Waals surface area (Å²) in [7, 11) is 1.74. The molecule has 0 saturated carbocycles. The molecular formula is C13H19N5O3. The maximum absolute atomic E-state index is 11.9. The second-order valence-electron chi connectivity index (χ2n) is 5.03. The van der Waals surface area contributed by atoms with E-state index in [2.05, 4.69) is 15.6 Å². The van der Waals surface area contributed by atoms with Crippen LogP contribution in [0.1, 0.15) is 19.8 Å². The Labute approximate surface area is 122 Å². The molecule has 114 valence electrons. The normalized spacial score (nSPS) is 17.9. The Bertz CT molecular complexity index is 549. The quantitative estimate of drug-likeness (QED) is 0.608. The molecule has 2 heterocycles. The summed E-state index contributed by atoms with van der Waals surface area (Å²) in [5, 5.41) is 17.0. The highest BCUT2D eigenvalue weighted by molar-refractivity contribution is 5.86. The van der Waals surface area contributed by atoms with E-state index in [1.54, 1.807) is 11.9 Å². The van der Waals surface area contributed by atoms with Gasteiger partial charge >= 0.3 is 0 Å². The zero-order chi connectivity index (χ0) is 15.4. The van der Waals surface area contributed by atoms with E-state index in [9.17, 15) is 14.9 Å². The van der Waals surface area contributed by atoms with Crippen molar-refractivity contribution < 1.29 is 9.72 Å². The van der Waals surface area contributed by atoms with Crippen LogP contribution in [0.15, 0.2) is 12.1 Å². The molecule has 0 spiro atoms. The number of anilines is 2. The Hall–Kier alpha value is -2.38. The minimum absolute atomic E-state index is 0.0219. The van der Waals surface area contributed by atoms with Crippen molar-refractivity contribution in [2.75, 3.05) is 30.8 Å². The molecule has 2 N–H and O–H groups in total. The van der Waals surface area contributed by atoms with E-state index in [1.165, 1.54) is 12.1 Å². The zero-order valence-corrected chi connectivity index (χ0v) is 12.1. The van der Waals surface area contributed by atoms with Crippen molar-refractivity contribution in [3.8, 4) is 0 Å². The molecule has 1 aromatic heterocycles. The lowest BCUT2D eigenvalue weighted by Gasteiger charge is -2.14. The number of carbonyl (C=O) groups excluding carboxylic acids is 1. The lowest BCUT2D eigenvalue weighted by Crippen LogP contribution is -2.31. The summed E-state index contributed by atoms with van der Waals surface area (Å²) in [6.07, 6.45) is 1.55. The number of nitrogens with zero attached hydrogens (tertiary/aromatic N) is 3. The van der Waals surface area contributed by atoms with Gasteiger partial charge in [0.1, 0.15) is 17.7 Å². The predicted molar refractivity (Wildman–Crippen MR) is 79.3 cm³/mol. The van der Waals surface area contributed by atoms with Crippen LogP contribution in [0.3, 0.4) is 0 Å². The number of amides is 1. The third-order valence-corrected chi connectivity index (χ3v) is 3.33. The van der Waals surface area contributed by atoms with Crippen molar-refractivity contribution in [2.45, 2.75) is 25.8 Å². The van der Waals surface area contributed by atoms with Gasteiger partial charge in [-0.05, 0) is 12.8 Å². The maximum atomic E-state index is 11.9. The molecule has 1 unspecified atom stereocenters. The molecule has 1 aliphatic heterocycles. The summed E-state index contributed by atoms with van der Waals surface area (Å²) in [4.78, 5) is 28.3. The van der Waals surface area contributed by atoms with Gasteiger partial charge in [0.2, 0.25) is 5.91 Å². The molecule has 21 heavy (non-hydrogen) atoms. The average Bonchev–Trinajstić information content (AvgIpc) is 2.77. The fourth-order valence-electron chi connectivity index (χ4n) is 2.17. The molecular weight excluding hydrogens is 274 g/mol. The van der Waals surface area contributed by atoms with Crippen LogP contribution in [-0.4, -0.2) is 46.9 Å². The molecule has 1 atom stereocenters. The summed E-state index contributed by atoms with van der Waals surface area (Å²) in [5.41, 5.74) is -0.0510. The number of likely N-dealkylation sites (N-methyl/N-ethyl adjacent to an activating group) is 1. The van der Waals surface area contributed by atoms with Gasteiger partial charge in [-0.1, -0.05) is 6.92 Å². The molecule has 0 bridgehead atoms. The Morgan fingerprint density at radius 2 is 2.19 bits per heavy atom. The number of aromatic nitrogens is 1. The molecule has 1 aromatic rings. The summed E-state index contributed by atoms with van der Waals surface area (Å²) >= 11 is 0. The number of carbonyl (C=O) groups is 1. The number of likely N-dealkylation sites (tertiary alicyclic amines) is 1. The van der Waals surface area contributed by atoms with E-state index in [0.29, 0.717) is 31.1 Å². The minimum Gasteiger partial charge on any atom is -0.370 e. The maximum Gasteiger partial charge on any atom is 0.276 e. The number of hydrogen-bond donors (Lipinski definition) is 2. The molecule has 0 radical (unpaired) electrons. The number of nitrogens with one attached hydrogen (secondary N) is 2. The first kappa shape index (κ1) is 15.0. The van der Waals surface area contributed by atoms with Crippen LogP contribution in [0.2, 0.25) is 0 Å². The fourth-order valence-corrected chi connectivity index (χ4v) is 2.17. The number of rotatable bonds is 6. The van der Waals surface area contributed by atoms with Gasteiger partial charge in [0, 0.05) is 20.1 Å². The average molecular weight is 293 g/mol. The Morgan fingerprint density at radius 3 is 2.76 bits per heavy atom. The largest absolute Gasteiger partial charge is 0.370 e. The second-order valence-corrected chi connectivity index (χ2v) is 5.03. The van der Waals surface area contributed by atoms with Crippen LogP contribution in [-0.2, 0) is 4.79 Å². The third kappa shape index (κ3) is 3.59. The smallest absolute Gasteiger partial charge is 0.276 e. The predicted octanol–water partition coefficient (Wildman–Crippen LogP) is 1.45. The Balaban J connectivity index is 2.19. The van der Waals surface area contributed by atoms with E-state index in [1.807, 2.05) is 6.92 Å². The van der Waals surface area contributed by atoms with Gasteiger partial charge in [-0.15, -0.1) is 0 Å². The van der Waals surface area contributed by atoms with Gasteiger partial charge < -0.3 is 15.5 Å². The van der Waals surface area contributed by atoms with Crippen molar-refractivity contribution in [1.82, 2.24) is 9.88 Å². The first-order chi connectivity index (χ1) is 10.0.